The minimum Gasteiger partial charge on any atom is -0.356 e. The Morgan fingerprint density at radius 2 is 1.95 bits per heavy atom. The van der Waals surface area contributed by atoms with Crippen LogP contribution in [0.1, 0.15) is 18.4 Å². The summed E-state index contributed by atoms with van der Waals surface area (Å²) in [5.74, 6) is 0.161. The van der Waals surface area contributed by atoms with E-state index < -0.39 is 0 Å². The Bertz CT molecular complexity index is 388. The van der Waals surface area contributed by atoms with E-state index in [-0.39, 0.29) is 5.91 Å². The molecule has 4 heteroatoms. The molecule has 0 aromatic heterocycles. The van der Waals surface area contributed by atoms with Crippen molar-refractivity contribution in [3.8, 4) is 0 Å². The van der Waals surface area contributed by atoms with Crippen molar-refractivity contribution in [2.75, 3.05) is 39.3 Å². The first-order valence-electron chi connectivity index (χ1n) is 7.58. The van der Waals surface area contributed by atoms with Gasteiger partial charge in [0.15, 0.2) is 0 Å². The molecule has 0 bridgehead atoms. The molecule has 1 aromatic rings. The number of carbonyl (C=O) groups excluding carboxylic acids is 1. The van der Waals surface area contributed by atoms with Crippen molar-refractivity contribution in [2.24, 2.45) is 0 Å². The standard InChI is InChI=1S/C16H25N3O/c20-16(8-7-15-5-2-1-3-6-15)18-9-4-12-19-13-10-17-11-14-19/h1-3,5-6,17H,4,7-14H2,(H,18,20). The molecule has 1 aliphatic rings. The van der Waals surface area contributed by atoms with Crippen LogP contribution in [-0.4, -0.2) is 50.1 Å². The average molecular weight is 275 g/mol. The van der Waals surface area contributed by atoms with Crippen LogP contribution in [0.3, 0.4) is 0 Å². The number of hydrogen-bond acceptors (Lipinski definition) is 3. The number of carbonyl (C=O) groups is 1. The van der Waals surface area contributed by atoms with Crippen LogP contribution in [0.2, 0.25) is 0 Å². The summed E-state index contributed by atoms with van der Waals surface area (Å²) in [5.41, 5.74) is 1.23. The molecule has 0 saturated carbocycles. The lowest BCUT2D eigenvalue weighted by Gasteiger charge is -2.27. The summed E-state index contributed by atoms with van der Waals surface area (Å²) < 4.78 is 0. The highest BCUT2D eigenvalue weighted by Crippen LogP contribution is 2.02. The Balaban J connectivity index is 1.51. The molecule has 1 aliphatic heterocycles. The molecule has 1 heterocycles. The van der Waals surface area contributed by atoms with E-state index in [1.54, 1.807) is 0 Å². The van der Waals surface area contributed by atoms with E-state index in [0.29, 0.717) is 6.42 Å². The predicted molar refractivity (Wildman–Crippen MR) is 81.7 cm³/mol. The minimum absolute atomic E-state index is 0.161. The lowest BCUT2D eigenvalue weighted by molar-refractivity contribution is -0.121. The molecule has 1 amide bonds. The Labute approximate surface area is 121 Å². The van der Waals surface area contributed by atoms with E-state index >= 15 is 0 Å². The molecule has 4 nitrogen and oxygen atoms in total. The third-order valence-electron chi connectivity index (χ3n) is 3.67. The van der Waals surface area contributed by atoms with Crippen molar-refractivity contribution in [3.05, 3.63) is 35.9 Å². The van der Waals surface area contributed by atoms with Crippen molar-refractivity contribution in [2.45, 2.75) is 19.3 Å². The van der Waals surface area contributed by atoms with Gasteiger partial charge in [-0.2, -0.15) is 0 Å². The van der Waals surface area contributed by atoms with Crippen molar-refractivity contribution >= 4 is 5.91 Å². The van der Waals surface area contributed by atoms with Gasteiger partial charge in [0.2, 0.25) is 5.91 Å². The zero-order valence-corrected chi connectivity index (χ0v) is 12.1. The molecule has 0 aliphatic carbocycles. The van der Waals surface area contributed by atoms with E-state index in [4.69, 9.17) is 0 Å². The Hall–Kier alpha value is -1.39. The average Bonchev–Trinajstić information content (AvgIpc) is 2.52. The normalized spacial score (nSPS) is 16.0. The van der Waals surface area contributed by atoms with Crippen LogP contribution in [0.4, 0.5) is 0 Å². The first-order chi connectivity index (χ1) is 9.84. The number of amides is 1. The molecule has 110 valence electrons. The third-order valence-corrected chi connectivity index (χ3v) is 3.67. The maximum Gasteiger partial charge on any atom is 0.220 e. The fourth-order valence-corrected chi connectivity index (χ4v) is 2.46. The summed E-state index contributed by atoms with van der Waals surface area (Å²) >= 11 is 0. The van der Waals surface area contributed by atoms with Crippen LogP contribution in [0.5, 0.6) is 0 Å². The number of nitrogens with one attached hydrogen (secondary N) is 2. The SMILES string of the molecule is O=C(CCc1ccccc1)NCCCN1CCNCC1. The summed E-state index contributed by atoms with van der Waals surface area (Å²) in [7, 11) is 0. The van der Waals surface area contributed by atoms with E-state index in [1.165, 1.54) is 5.56 Å². The minimum atomic E-state index is 0.161. The molecule has 2 N–H and O–H groups in total. The van der Waals surface area contributed by atoms with Gasteiger partial charge in [-0.25, -0.2) is 0 Å². The van der Waals surface area contributed by atoms with Gasteiger partial charge in [0.25, 0.3) is 0 Å². The fraction of sp³-hybridized carbons (Fsp3) is 0.562. The number of nitrogens with zero attached hydrogens (tertiary/aromatic N) is 1. The molecule has 20 heavy (non-hydrogen) atoms. The highest BCUT2D eigenvalue weighted by atomic mass is 16.1. The van der Waals surface area contributed by atoms with Gasteiger partial charge in [0, 0.05) is 39.1 Å². The number of rotatable bonds is 7. The van der Waals surface area contributed by atoms with Gasteiger partial charge >= 0.3 is 0 Å². The van der Waals surface area contributed by atoms with Crippen LogP contribution in [0.15, 0.2) is 30.3 Å². The summed E-state index contributed by atoms with van der Waals surface area (Å²) in [5, 5.41) is 6.36. The molecular formula is C16H25N3O. The highest BCUT2D eigenvalue weighted by Gasteiger charge is 2.08. The molecule has 1 saturated heterocycles. The number of benzene rings is 1. The number of aryl methyl sites for hydroxylation is 1. The Morgan fingerprint density at radius 3 is 2.70 bits per heavy atom. The fourth-order valence-electron chi connectivity index (χ4n) is 2.46. The maximum absolute atomic E-state index is 11.7. The van der Waals surface area contributed by atoms with Gasteiger partial charge in [-0.15, -0.1) is 0 Å². The Morgan fingerprint density at radius 1 is 1.20 bits per heavy atom. The first kappa shape index (κ1) is 15.0. The quantitative estimate of drug-likeness (QED) is 0.731. The lowest BCUT2D eigenvalue weighted by atomic mass is 10.1. The molecule has 1 fully saturated rings. The maximum atomic E-state index is 11.7. The van der Waals surface area contributed by atoms with Gasteiger partial charge in [-0.05, 0) is 24.9 Å². The zero-order chi connectivity index (χ0) is 14.0. The summed E-state index contributed by atoms with van der Waals surface area (Å²) in [4.78, 5) is 14.2. The second-order valence-corrected chi connectivity index (χ2v) is 5.28. The summed E-state index contributed by atoms with van der Waals surface area (Å²) in [6, 6.07) is 10.2. The highest BCUT2D eigenvalue weighted by molar-refractivity contribution is 5.76. The van der Waals surface area contributed by atoms with E-state index in [9.17, 15) is 4.79 Å². The molecule has 0 unspecified atom stereocenters. The first-order valence-corrected chi connectivity index (χ1v) is 7.58. The largest absolute Gasteiger partial charge is 0.356 e. The van der Waals surface area contributed by atoms with Crippen molar-refractivity contribution in [3.63, 3.8) is 0 Å². The summed E-state index contributed by atoms with van der Waals surface area (Å²) in [6.45, 7) is 6.30. The monoisotopic (exact) mass is 275 g/mol. The molecular weight excluding hydrogens is 250 g/mol. The van der Waals surface area contributed by atoms with E-state index in [1.807, 2.05) is 18.2 Å². The smallest absolute Gasteiger partial charge is 0.220 e. The second kappa shape index (κ2) is 8.72. The number of piperazine rings is 1. The van der Waals surface area contributed by atoms with Gasteiger partial charge in [0.05, 0.1) is 0 Å². The van der Waals surface area contributed by atoms with Crippen LogP contribution < -0.4 is 10.6 Å². The topological polar surface area (TPSA) is 44.4 Å². The predicted octanol–water partition coefficient (Wildman–Crippen LogP) is 1.03. The molecule has 0 atom stereocenters. The van der Waals surface area contributed by atoms with Crippen LogP contribution >= 0.6 is 0 Å². The van der Waals surface area contributed by atoms with E-state index in [0.717, 1.165) is 52.1 Å². The summed E-state index contributed by atoms with van der Waals surface area (Å²) in [6.07, 6.45) is 2.44. The van der Waals surface area contributed by atoms with Gasteiger partial charge in [-0.1, -0.05) is 30.3 Å². The second-order valence-electron chi connectivity index (χ2n) is 5.28. The van der Waals surface area contributed by atoms with Crippen molar-refractivity contribution in [1.82, 2.24) is 15.5 Å². The molecule has 0 spiro atoms. The van der Waals surface area contributed by atoms with Gasteiger partial charge in [-0.3, -0.25) is 4.79 Å². The van der Waals surface area contributed by atoms with Gasteiger partial charge < -0.3 is 15.5 Å². The molecule has 2 rings (SSSR count). The third kappa shape index (κ3) is 5.72. The zero-order valence-electron chi connectivity index (χ0n) is 12.1. The van der Waals surface area contributed by atoms with Crippen molar-refractivity contribution in [1.29, 1.82) is 0 Å². The number of hydrogen-bond donors (Lipinski definition) is 2. The van der Waals surface area contributed by atoms with Gasteiger partial charge in [0.1, 0.15) is 0 Å². The van der Waals surface area contributed by atoms with E-state index in [2.05, 4.69) is 27.7 Å². The lowest BCUT2D eigenvalue weighted by Crippen LogP contribution is -2.44. The van der Waals surface area contributed by atoms with Crippen LogP contribution in [-0.2, 0) is 11.2 Å². The van der Waals surface area contributed by atoms with Crippen molar-refractivity contribution < 1.29 is 4.79 Å². The molecule has 0 radical (unpaired) electrons. The van der Waals surface area contributed by atoms with Crippen LogP contribution in [0, 0.1) is 0 Å². The molecule has 1 aromatic carbocycles. The van der Waals surface area contributed by atoms with Crippen LogP contribution in [0.25, 0.3) is 0 Å². The Kier molecular flexibility index (Phi) is 6.54.